The number of amides is 1. The molecular weight excluding hydrogens is 713 g/mol. The van der Waals surface area contributed by atoms with Crippen LogP contribution in [0.5, 0.6) is 5.75 Å². The Bertz CT molecular complexity index is 1860. The van der Waals surface area contributed by atoms with Crippen LogP contribution in [0.1, 0.15) is 43.4 Å². The van der Waals surface area contributed by atoms with Crippen molar-refractivity contribution in [3.8, 4) is 22.8 Å². The Balaban J connectivity index is 1.27. The van der Waals surface area contributed by atoms with E-state index >= 15 is 0 Å². The highest BCUT2D eigenvalue weighted by molar-refractivity contribution is 9.11. The average Bonchev–Trinajstić information content (AvgIpc) is 3.63. The van der Waals surface area contributed by atoms with E-state index in [1.54, 1.807) is 4.90 Å². The lowest BCUT2D eigenvalue weighted by Crippen LogP contribution is -2.34. The number of carbonyl (C=O) groups is 1. The van der Waals surface area contributed by atoms with Crippen molar-refractivity contribution in [3.05, 3.63) is 94.2 Å². The van der Waals surface area contributed by atoms with Gasteiger partial charge in [0.2, 0.25) is 5.91 Å². The van der Waals surface area contributed by atoms with Crippen molar-refractivity contribution in [3.63, 3.8) is 0 Å². The Morgan fingerprint density at radius 2 is 1.87 bits per heavy atom. The molecule has 2 heterocycles. The Labute approximate surface area is 288 Å². The molecule has 244 valence electrons. The Hall–Kier alpha value is -4.01. The average molecular weight is 744 g/mol. The van der Waals surface area contributed by atoms with Crippen molar-refractivity contribution in [2.75, 3.05) is 10.7 Å². The molecule has 1 aromatic heterocycles. The number of rotatable bonds is 8. The monoisotopic (exact) mass is 742 g/mol. The van der Waals surface area contributed by atoms with Crippen molar-refractivity contribution >= 4 is 67.9 Å². The minimum atomic E-state index is -4.76. The van der Waals surface area contributed by atoms with Crippen molar-refractivity contribution in [2.24, 2.45) is 4.99 Å². The van der Waals surface area contributed by atoms with E-state index in [1.165, 1.54) is 47.0 Å². The fourth-order valence-electron chi connectivity index (χ4n) is 4.76. The molecule has 1 saturated heterocycles. The second kappa shape index (κ2) is 14.4. The van der Waals surface area contributed by atoms with Crippen LogP contribution in [0.3, 0.4) is 0 Å². The number of thioether (sulfide) groups is 1. The molecule has 1 atom stereocenters. The molecule has 14 heteroatoms. The first-order chi connectivity index (χ1) is 22.3. The predicted octanol–water partition coefficient (Wildman–Crippen LogP) is 8.40. The third-order valence-corrected chi connectivity index (χ3v) is 9.09. The Morgan fingerprint density at radius 1 is 1.13 bits per heavy atom. The summed E-state index contributed by atoms with van der Waals surface area (Å²) in [5.74, 6) is 0.603. The zero-order valence-electron chi connectivity index (χ0n) is 25.7. The van der Waals surface area contributed by atoms with E-state index in [1.807, 2.05) is 56.3 Å². The van der Waals surface area contributed by atoms with E-state index in [-0.39, 0.29) is 28.7 Å². The topological polar surface area (TPSA) is 84.6 Å². The van der Waals surface area contributed by atoms with E-state index in [0.717, 1.165) is 32.4 Å². The summed E-state index contributed by atoms with van der Waals surface area (Å²) in [6.07, 6.45) is -1.33. The minimum Gasteiger partial charge on any atom is -0.406 e. The van der Waals surface area contributed by atoms with Crippen LogP contribution in [0, 0.1) is 6.92 Å². The molecule has 1 aliphatic heterocycles. The van der Waals surface area contributed by atoms with Crippen LogP contribution in [-0.4, -0.2) is 49.1 Å². The van der Waals surface area contributed by atoms with Crippen LogP contribution in [-0.2, 0) is 4.79 Å². The van der Waals surface area contributed by atoms with E-state index in [2.05, 4.69) is 61.0 Å². The van der Waals surface area contributed by atoms with Gasteiger partial charge in [-0.15, -0.1) is 18.3 Å². The van der Waals surface area contributed by atoms with Gasteiger partial charge < -0.3 is 10.1 Å². The molecule has 3 aromatic carbocycles. The maximum absolute atomic E-state index is 12.9. The lowest BCUT2D eigenvalue weighted by molar-refractivity contribution is -0.274. The summed E-state index contributed by atoms with van der Waals surface area (Å²) >= 11 is 10.6. The van der Waals surface area contributed by atoms with Gasteiger partial charge in [0, 0.05) is 10.0 Å². The van der Waals surface area contributed by atoms with Crippen LogP contribution in [0.2, 0.25) is 0 Å². The molecule has 0 aliphatic carbocycles. The summed E-state index contributed by atoms with van der Waals surface area (Å²) in [5, 5.41) is 8.51. The maximum Gasteiger partial charge on any atom is 0.573 e. The number of alkyl halides is 3. The first kappa shape index (κ1) is 34.3. The molecule has 0 radical (unpaired) electrons. The first-order valence-electron chi connectivity index (χ1n) is 14.5. The third-order valence-electron chi connectivity index (χ3n) is 7.04. The molecular formula is C33H30BrF3N6O2S2. The van der Waals surface area contributed by atoms with Gasteiger partial charge in [-0.3, -0.25) is 9.69 Å². The molecule has 1 amide bonds. The standard InChI is InChI=1S/C33H30BrF3N6O2S2/c1-19(2)26-13-8-20(3)14-28(26)43-29(44)17-47-32(43)40-31(46)39-21(4)27(34)16-22-6-5-7-23(15-22)30-38-18-42(41-30)24-9-11-25(12-10-24)45-33(35,36)37/h5-16,18-19,21H,17H2,1-4H3,(H,39,46)/b27-16+,40-32?. The number of benzene rings is 3. The van der Waals surface area contributed by atoms with Gasteiger partial charge in [0.05, 0.1) is 23.2 Å². The molecule has 1 fully saturated rings. The number of aryl methyl sites for hydroxylation is 1. The number of anilines is 1. The highest BCUT2D eigenvalue weighted by atomic mass is 79.9. The number of hydrogen-bond donors (Lipinski definition) is 1. The zero-order chi connectivity index (χ0) is 33.9. The van der Waals surface area contributed by atoms with Gasteiger partial charge in [0.15, 0.2) is 16.1 Å². The highest BCUT2D eigenvalue weighted by Crippen LogP contribution is 2.34. The number of ether oxygens (including phenoxy) is 1. The molecule has 0 spiro atoms. The molecule has 5 rings (SSSR count). The smallest absolute Gasteiger partial charge is 0.406 e. The van der Waals surface area contributed by atoms with Gasteiger partial charge in [0.1, 0.15) is 12.1 Å². The van der Waals surface area contributed by atoms with Crippen LogP contribution < -0.4 is 15.0 Å². The van der Waals surface area contributed by atoms with Crippen molar-refractivity contribution in [1.29, 1.82) is 0 Å². The van der Waals surface area contributed by atoms with Crippen molar-refractivity contribution in [2.45, 2.75) is 46.0 Å². The van der Waals surface area contributed by atoms with Crippen molar-refractivity contribution in [1.82, 2.24) is 20.1 Å². The van der Waals surface area contributed by atoms with Crippen LogP contribution >= 0.6 is 39.9 Å². The first-order valence-corrected chi connectivity index (χ1v) is 16.7. The van der Waals surface area contributed by atoms with Crippen LogP contribution in [0.25, 0.3) is 23.2 Å². The number of nitrogens with zero attached hydrogens (tertiary/aromatic N) is 5. The lowest BCUT2D eigenvalue weighted by Gasteiger charge is -2.22. The van der Waals surface area contributed by atoms with Crippen LogP contribution in [0.15, 0.2) is 82.5 Å². The number of aromatic nitrogens is 3. The number of carbonyl (C=O) groups excluding carboxylic acids is 1. The summed E-state index contributed by atoms with van der Waals surface area (Å²) in [6, 6.07) is 18.8. The fraction of sp³-hybridized carbons (Fsp3) is 0.242. The molecule has 1 aliphatic rings. The fourth-order valence-corrected chi connectivity index (χ4v) is 6.33. The largest absolute Gasteiger partial charge is 0.573 e. The molecule has 0 saturated carbocycles. The molecule has 1 N–H and O–H groups in total. The van der Waals surface area contributed by atoms with Crippen LogP contribution in [0.4, 0.5) is 18.9 Å². The summed E-state index contributed by atoms with van der Waals surface area (Å²) in [6.45, 7) is 8.13. The summed E-state index contributed by atoms with van der Waals surface area (Å²) in [7, 11) is 0. The number of thiocarbonyl (C=S) groups is 1. The minimum absolute atomic E-state index is 0.0363. The van der Waals surface area contributed by atoms with Gasteiger partial charge in [-0.05, 0) is 91.1 Å². The number of halogens is 4. The normalized spacial score (nSPS) is 15.4. The number of amidine groups is 1. The zero-order valence-corrected chi connectivity index (χ0v) is 29.0. The quantitative estimate of drug-likeness (QED) is 0.182. The van der Waals surface area contributed by atoms with E-state index in [0.29, 0.717) is 22.4 Å². The van der Waals surface area contributed by atoms with E-state index in [4.69, 9.17) is 12.2 Å². The molecule has 0 bridgehead atoms. The molecule has 4 aromatic rings. The van der Waals surface area contributed by atoms with E-state index in [9.17, 15) is 18.0 Å². The molecule has 47 heavy (non-hydrogen) atoms. The Kier molecular flexibility index (Phi) is 10.5. The molecule has 1 unspecified atom stereocenters. The second-order valence-electron chi connectivity index (χ2n) is 11.0. The maximum atomic E-state index is 12.9. The van der Waals surface area contributed by atoms with Gasteiger partial charge in [0.25, 0.3) is 0 Å². The van der Waals surface area contributed by atoms with Gasteiger partial charge in [-0.2, -0.15) is 4.99 Å². The number of aliphatic imine (C=N–C) groups is 1. The van der Waals surface area contributed by atoms with Gasteiger partial charge >= 0.3 is 6.36 Å². The van der Waals surface area contributed by atoms with E-state index < -0.39 is 6.36 Å². The SMILES string of the molecule is Cc1ccc(C(C)C)c(N2C(=O)CSC2=NC(=S)NC(C)/C(Br)=C\c2cccc(-c3ncn(-c4ccc(OC(F)(F)F)cc4)n3)c2)c1. The number of hydrogen-bond acceptors (Lipinski definition) is 6. The third kappa shape index (κ3) is 8.67. The predicted molar refractivity (Wildman–Crippen MR) is 188 cm³/mol. The Morgan fingerprint density at radius 3 is 2.57 bits per heavy atom. The molecule has 8 nitrogen and oxygen atoms in total. The van der Waals surface area contributed by atoms with Gasteiger partial charge in [-0.25, -0.2) is 9.67 Å². The summed E-state index contributed by atoms with van der Waals surface area (Å²) < 4.78 is 43.6. The summed E-state index contributed by atoms with van der Waals surface area (Å²) in [4.78, 5) is 23.6. The van der Waals surface area contributed by atoms with Gasteiger partial charge in [-0.1, -0.05) is 71.9 Å². The van der Waals surface area contributed by atoms with Crippen molar-refractivity contribution < 1.29 is 22.7 Å². The highest BCUT2D eigenvalue weighted by Gasteiger charge is 2.32. The lowest BCUT2D eigenvalue weighted by atomic mass is 9.99. The summed E-state index contributed by atoms with van der Waals surface area (Å²) in [5.41, 5.74) is 5.09. The second-order valence-corrected chi connectivity index (χ2v) is 13.3. The number of nitrogens with one attached hydrogen (secondary N) is 1.